The lowest BCUT2D eigenvalue weighted by atomic mass is 9.89. The number of halogens is 1. The monoisotopic (exact) mass is 238 g/mol. The lowest BCUT2D eigenvalue weighted by Gasteiger charge is -2.24. The Balaban J connectivity index is 2.62. The lowest BCUT2D eigenvalue weighted by Crippen LogP contribution is -2.27. The van der Waals surface area contributed by atoms with Crippen molar-refractivity contribution in [3.63, 3.8) is 0 Å². The van der Waals surface area contributed by atoms with Crippen molar-refractivity contribution in [3.8, 4) is 0 Å². The van der Waals surface area contributed by atoms with E-state index in [-0.39, 0.29) is 5.82 Å². The molecule has 0 bridgehead atoms. The van der Waals surface area contributed by atoms with Gasteiger partial charge in [-0.25, -0.2) is 4.39 Å². The summed E-state index contributed by atoms with van der Waals surface area (Å²) in [4.78, 5) is 0. The molecule has 2 heteroatoms. The molecular formula is C15H23FO. The van der Waals surface area contributed by atoms with E-state index < -0.39 is 5.60 Å². The van der Waals surface area contributed by atoms with Crippen molar-refractivity contribution in [1.29, 1.82) is 0 Å². The van der Waals surface area contributed by atoms with Crippen LogP contribution >= 0.6 is 0 Å². The molecule has 1 aromatic carbocycles. The molecule has 0 saturated heterocycles. The van der Waals surface area contributed by atoms with Crippen LogP contribution in [0.1, 0.15) is 50.7 Å². The van der Waals surface area contributed by atoms with Gasteiger partial charge < -0.3 is 5.11 Å². The zero-order valence-electron chi connectivity index (χ0n) is 11.1. The van der Waals surface area contributed by atoms with Gasteiger partial charge in [0.25, 0.3) is 0 Å². The summed E-state index contributed by atoms with van der Waals surface area (Å²) < 4.78 is 13.0. The summed E-state index contributed by atoms with van der Waals surface area (Å²) in [6, 6.07) is 4.76. The highest BCUT2D eigenvalue weighted by Crippen LogP contribution is 2.22. The molecule has 17 heavy (non-hydrogen) atoms. The molecule has 0 radical (unpaired) electrons. The van der Waals surface area contributed by atoms with Gasteiger partial charge in [0.05, 0.1) is 5.60 Å². The fraction of sp³-hybridized carbons (Fsp3) is 0.600. The average molecular weight is 238 g/mol. The predicted octanol–water partition coefficient (Wildman–Crippen LogP) is 4.01. The van der Waals surface area contributed by atoms with Crippen LogP contribution in [0.25, 0.3) is 0 Å². The number of aliphatic hydroxyl groups is 1. The minimum atomic E-state index is -0.683. The fourth-order valence-corrected chi connectivity index (χ4v) is 2.11. The van der Waals surface area contributed by atoms with Crippen LogP contribution in [-0.4, -0.2) is 10.7 Å². The zero-order valence-corrected chi connectivity index (χ0v) is 11.1. The molecule has 0 fully saturated rings. The number of hydrogen-bond acceptors (Lipinski definition) is 1. The van der Waals surface area contributed by atoms with E-state index in [0.717, 1.165) is 36.8 Å². The molecule has 0 aromatic heterocycles. The molecule has 1 N–H and O–H groups in total. The maximum Gasteiger partial charge on any atom is 0.123 e. The van der Waals surface area contributed by atoms with Crippen molar-refractivity contribution in [1.82, 2.24) is 0 Å². The summed E-state index contributed by atoms with van der Waals surface area (Å²) in [5.41, 5.74) is 1.27. The molecule has 1 atom stereocenters. The zero-order chi connectivity index (χ0) is 12.9. The first-order valence-corrected chi connectivity index (χ1v) is 6.42. The van der Waals surface area contributed by atoms with Crippen LogP contribution in [0.5, 0.6) is 0 Å². The number of benzene rings is 1. The summed E-state index contributed by atoms with van der Waals surface area (Å²) in [5, 5.41) is 10.3. The molecule has 0 saturated carbocycles. The normalized spacial score (nSPS) is 14.6. The molecule has 0 aliphatic carbocycles. The second-order valence-corrected chi connectivity index (χ2v) is 5.20. The SMILES string of the molecule is CCCCCC(C)(O)Cc1ccc(F)cc1C. The van der Waals surface area contributed by atoms with Crippen molar-refractivity contribution < 1.29 is 9.50 Å². The van der Waals surface area contributed by atoms with Gasteiger partial charge in [-0.3, -0.25) is 0 Å². The van der Waals surface area contributed by atoms with Crippen LogP contribution in [0.2, 0.25) is 0 Å². The maximum atomic E-state index is 13.0. The first-order chi connectivity index (χ1) is 7.94. The van der Waals surface area contributed by atoms with Gasteiger partial charge in [-0.15, -0.1) is 0 Å². The van der Waals surface area contributed by atoms with Gasteiger partial charge in [-0.1, -0.05) is 32.3 Å². The number of rotatable bonds is 6. The van der Waals surface area contributed by atoms with Crippen LogP contribution in [-0.2, 0) is 6.42 Å². The highest BCUT2D eigenvalue weighted by Gasteiger charge is 2.21. The molecular weight excluding hydrogens is 215 g/mol. The molecule has 0 aliphatic heterocycles. The van der Waals surface area contributed by atoms with Gasteiger partial charge in [0.15, 0.2) is 0 Å². The van der Waals surface area contributed by atoms with Crippen molar-refractivity contribution in [3.05, 3.63) is 35.1 Å². The van der Waals surface area contributed by atoms with Gasteiger partial charge >= 0.3 is 0 Å². The van der Waals surface area contributed by atoms with Crippen molar-refractivity contribution in [2.75, 3.05) is 0 Å². The molecule has 1 aromatic rings. The second-order valence-electron chi connectivity index (χ2n) is 5.20. The van der Waals surface area contributed by atoms with Crippen molar-refractivity contribution >= 4 is 0 Å². The lowest BCUT2D eigenvalue weighted by molar-refractivity contribution is 0.0484. The smallest absolute Gasteiger partial charge is 0.123 e. The summed E-state index contributed by atoms with van der Waals surface area (Å²) in [7, 11) is 0. The predicted molar refractivity (Wildman–Crippen MR) is 69.6 cm³/mol. The Hall–Kier alpha value is -0.890. The third kappa shape index (κ3) is 4.86. The molecule has 96 valence electrons. The fourth-order valence-electron chi connectivity index (χ4n) is 2.11. The molecule has 0 amide bonds. The molecule has 1 rings (SSSR count). The van der Waals surface area contributed by atoms with Gasteiger partial charge in [0.1, 0.15) is 5.82 Å². The van der Waals surface area contributed by atoms with Crippen LogP contribution < -0.4 is 0 Å². The summed E-state index contributed by atoms with van der Waals surface area (Å²) in [6.45, 7) is 5.91. The van der Waals surface area contributed by atoms with E-state index in [1.165, 1.54) is 12.1 Å². The molecule has 1 unspecified atom stereocenters. The third-order valence-electron chi connectivity index (χ3n) is 3.19. The van der Waals surface area contributed by atoms with Gasteiger partial charge in [0.2, 0.25) is 0 Å². The Kier molecular flexibility index (Phi) is 5.13. The first-order valence-electron chi connectivity index (χ1n) is 6.42. The number of hydrogen-bond donors (Lipinski definition) is 1. The van der Waals surface area contributed by atoms with Crippen molar-refractivity contribution in [2.24, 2.45) is 0 Å². The molecule has 0 heterocycles. The molecule has 0 aliphatic rings. The Morgan fingerprint density at radius 2 is 2.00 bits per heavy atom. The number of unbranched alkanes of at least 4 members (excludes halogenated alkanes) is 2. The van der Waals surface area contributed by atoms with Crippen LogP contribution in [0.15, 0.2) is 18.2 Å². The standard InChI is InChI=1S/C15H23FO/c1-4-5-6-9-15(3,17)11-13-7-8-14(16)10-12(13)2/h7-8,10,17H,4-6,9,11H2,1-3H3. The topological polar surface area (TPSA) is 20.2 Å². The first kappa shape index (κ1) is 14.2. The minimum Gasteiger partial charge on any atom is -0.390 e. The van der Waals surface area contributed by atoms with E-state index in [2.05, 4.69) is 6.92 Å². The van der Waals surface area contributed by atoms with Gasteiger partial charge in [0, 0.05) is 6.42 Å². The number of aryl methyl sites for hydroxylation is 1. The largest absolute Gasteiger partial charge is 0.390 e. The highest BCUT2D eigenvalue weighted by molar-refractivity contribution is 5.27. The van der Waals surface area contributed by atoms with E-state index >= 15 is 0 Å². The van der Waals surface area contributed by atoms with Crippen LogP contribution in [0, 0.1) is 12.7 Å². The quantitative estimate of drug-likeness (QED) is 0.742. The summed E-state index contributed by atoms with van der Waals surface area (Å²) in [5.74, 6) is -0.211. The third-order valence-corrected chi connectivity index (χ3v) is 3.19. The van der Waals surface area contributed by atoms with Crippen molar-refractivity contribution in [2.45, 2.75) is 58.5 Å². The minimum absolute atomic E-state index is 0.211. The van der Waals surface area contributed by atoms with Gasteiger partial charge in [-0.05, 0) is 43.5 Å². The van der Waals surface area contributed by atoms with E-state index in [0.29, 0.717) is 6.42 Å². The second kappa shape index (κ2) is 6.15. The average Bonchev–Trinajstić information content (AvgIpc) is 2.22. The maximum absolute atomic E-state index is 13.0. The van der Waals surface area contributed by atoms with Gasteiger partial charge in [-0.2, -0.15) is 0 Å². The highest BCUT2D eigenvalue weighted by atomic mass is 19.1. The molecule has 0 spiro atoms. The van der Waals surface area contributed by atoms with E-state index in [1.54, 1.807) is 6.07 Å². The van der Waals surface area contributed by atoms with E-state index in [1.807, 2.05) is 13.8 Å². The Bertz CT molecular complexity index is 358. The van der Waals surface area contributed by atoms with Crippen LogP contribution in [0.4, 0.5) is 4.39 Å². The summed E-state index contributed by atoms with van der Waals surface area (Å²) in [6.07, 6.45) is 4.76. The van der Waals surface area contributed by atoms with E-state index in [9.17, 15) is 9.50 Å². The molecule has 1 nitrogen and oxygen atoms in total. The Labute approximate surface area is 104 Å². The van der Waals surface area contributed by atoms with Crippen LogP contribution in [0.3, 0.4) is 0 Å². The van der Waals surface area contributed by atoms with E-state index in [4.69, 9.17) is 0 Å². The summed E-state index contributed by atoms with van der Waals surface area (Å²) >= 11 is 0. The Morgan fingerprint density at radius 3 is 2.59 bits per heavy atom. The Morgan fingerprint density at radius 1 is 1.29 bits per heavy atom.